The first-order valence-corrected chi connectivity index (χ1v) is 15.7. The lowest BCUT2D eigenvalue weighted by Crippen LogP contribution is -2.55. The monoisotopic (exact) mass is 552 g/mol. The molecule has 0 unspecified atom stereocenters. The number of rotatable bonds is 1. The van der Waals surface area contributed by atoms with Gasteiger partial charge in [0.05, 0.1) is 22.1 Å². The van der Waals surface area contributed by atoms with Crippen molar-refractivity contribution in [3.05, 3.63) is 109 Å². The van der Waals surface area contributed by atoms with Crippen LogP contribution in [0.3, 0.4) is 0 Å². The van der Waals surface area contributed by atoms with E-state index in [0.717, 1.165) is 11.2 Å². The zero-order valence-electron chi connectivity index (χ0n) is 22.7. The molecular weight excluding hydrogens is 531 g/mol. The largest absolute Gasteiger partial charge is 0.456 e. The lowest BCUT2D eigenvalue weighted by molar-refractivity contribution is 0.669. The Hall–Kier alpha value is -4.87. The van der Waals surface area contributed by atoms with Crippen molar-refractivity contribution >= 4 is 95.1 Å². The summed E-state index contributed by atoms with van der Waals surface area (Å²) in [5.41, 5.74) is 13.6. The summed E-state index contributed by atoms with van der Waals surface area (Å²) >= 11 is 1.83. The van der Waals surface area contributed by atoms with E-state index in [2.05, 4.69) is 124 Å². The van der Waals surface area contributed by atoms with Crippen molar-refractivity contribution in [1.29, 1.82) is 0 Å². The van der Waals surface area contributed by atoms with E-state index in [4.69, 9.17) is 4.42 Å². The number of fused-ring (bicyclic) bond motifs is 14. The first kappa shape index (κ1) is 21.8. The topological polar surface area (TPSA) is 23.0 Å². The Morgan fingerprint density at radius 3 is 2.21 bits per heavy atom. The molecule has 194 valence electrons. The van der Waals surface area contributed by atoms with Gasteiger partial charge in [0.2, 0.25) is 0 Å². The Bertz CT molecular complexity index is 2690. The predicted molar refractivity (Wildman–Crippen MR) is 179 cm³/mol. The molecule has 3 nitrogen and oxygen atoms in total. The summed E-state index contributed by atoms with van der Waals surface area (Å²) in [6, 6.07) is 40.3. The molecule has 2 aliphatic heterocycles. The fourth-order valence-electron chi connectivity index (χ4n) is 8.23. The molecule has 0 spiro atoms. The highest BCUT2D eigenvalue weighted by atomic mass is 32.2. The first-order chi connectivity index (χ1) is 20.8. The Labute approximate surface area is 245 Å². The van der Waals surface area contributed by atoms with Crippen LogP contribution in [0.2, 0.25) is 0 Å². The van der Waals surface area contributed by atoms with Gasteiger partial charge < -0.3 is 13.5 Å². The highest BCUT2D eigenvalue weighted by molar-refractivity contribution is 7.98. The number of nitrogens with zero attached hydrogens (tertiary/aromatic N) is 2. The first-order valence-electron chi connectivity index (χ1n) is 14.4. The van der Waals surface area contributed by atoms with Crippen LogP contribution >= 0.6 is 11.8 Å². The minimum Gasteiger partial charge on any atom is -0.456 e. The van der Waals surface area contributed by atoms with E-state index < -0.39 is 0 Å². The standard InChI is InChI=1S/C37H21BN2OS/c1-42-20-17-27-22-10-2-5-14-29(22)39-36(27)28(18-20)38-34-26(19-32-33(37(34)39)25-11-4-7-16-31(25)41-32)24-13-8-12-23-21-9-3-6-15-30(21)40(38)35(23)24/h2-19H,1H3. The van der Waals surface area contributed by atoms with Crippen molar-refractivity contribution < 1.29 is 4.42 Å². The maximum absolute atomic E-state index is 6.65. The van der Waals surface area contributed by atoms with Gasteiger partial charge in [-0.15, -0.1) is 11.8 Å². The number of hydrogen-bond acceptors (Lipinski definition) is 2. The number of benzene rings is 6. The quantitative estimate of drug-likeness (QED) is 0.151. The maximum atomic E-state index is 6.65. The van der Waals surface area contributed by atoms with Gasteiger partial charge in [-0.25, -0.2) is 0 Å². The number of hydrogen-bond donors (Lipinski definition) is 0. The van der Waals surface area contributed by atoms with Gasteiger partial charge in [-0.3, -0.25) is 0 Å². The molecule has 5 heterocycles. The van der Waals surface area contributed by atoms with Crippen molar-refractivity contribution in [2.75, 3.05) is 6.26 Å². The average molecular weight is 552 g/mol. The van der Waals surface area contributed by atoms with E-state index in [9.17, 15) is 0 Å². The summed E-state index contributed by atoms with van der Waals surface area (Å²) < 4.78 is 11.8. The fourth-order valence-corrected chi connectivity index (χ4v) is 8.71. The highest BCUT2D eigenvalue weighted by Gasteiger charge is 2.43. The van der Waals surface area contributed by atoms with Gasteiger partial charge in [-0.05, 0) is 59.1 Å². The van der Waals surface area contributed by atoms with Crippen LogP contribution in [0.15, 0.2) is 119 Å². The number of para-hydroxylation sites is 4. The number of thioether (sulfide) groups is 1. The zero-order chi connectivity index (χ0) is 27.3. The van der Waals surface area contributed by atoms with Crippen molar-refractivity contribution in [1.82, 2.24) is 9.05 Å². The fraction of sp³-hybridized carbons (Fsp3) is 0.0270. The number of aromatic nitrogens is 2. The second-order valence-corrected chi connectivity index (χ2v) is 12.5. The van der Waals surface area contributed by atoms with Crippen LogP contribution in [0.25, 0.3) is 82.4 Å². The third-order valence-electron chi connectivity index (χ3n) is 9.76. The smallest absolute Gasteiger partial charge is 0.333 e. The van der Waals surface area contributed by atoms with E-state index in [1.807, 2.05) is 11.8 Å². The van der Waals surface area contributed by atoms with Crippen molar-refractivity contribution in [2.45, 2.75) is 4.90 Å². The normalized spacial score (nSPS) is 13.4. The van der Waals surface area contributed by atoms with Crippen LogP contribution in [0.4, 0.5) is 0 Å². The third kappa shape index (κ3) is 2.34. The Morgan fingerprint density at radius 2 is 1.36 bits per heavy atom. The molecule has 0 atom stereocenters. The van der Waals surface area contributed by atoms with Crippen molar-refractivity contribution in [2.24, 2.45) is 0 Å². The second-order valence-electron chi connectivity index (χ2n) is 11.6. The molecule has 6 aromatic carbocycles. The van der Waals surface area contributed by atoms with Crippen molar-refractivity contribution in [3.8, 4) is 16.8 Å². The molecule has 9 aromatic rings. The van der Waals surface area contributed by atoms with Gasteiger partial charge >= 0.3 is 6.85 Å². The van der Waals surface area contributed by atoms with Gasteiger partial charge in [-0.2, -0.15) is 0 Å². The summed E-state index contributed by atoms with van der Waals surface area (Å²) in [5, 5.41) is 7.59. The zero-order valence-corrected chi connectivity index (χ0v) is 23.5. The molecule has 11 rings (SSSR count). The van der Waals surface area contributed by atoms with Crippen LogP contribution < -0.4 is 10.9 Å². The van der Waals surface area contributed by atoms with Gasteiger partial charge in [0.25, 0.3) is 0 Å². The highest BCUT2D eigenvalue weighted by Crippen LogP contribution is 2.46. The lowest BCUT2D eigenvalue weighted by Gasteiger charge is -2.34. The summed E-state index contributed by atoms with van der Waals surface area (Å²) in [6.45, 7) is 0.0387. The summed E-state index contributed by atoms with van der Waals surface area (Å²) in [7, 11) is 0. The number of furan rings is 1. The molecule has 0 bridgehead atoms. The molecule has 0 saturated carbocycles. The Balaban J connectivity index is 1.49. The van der Waals surface area contributed by atoms with Gasteiger partial charge in [-0.1, -0.05) is 72.8 Å². The van der Waals surface area contributed by atoms with Gasteiger partial charge in [0.15, 0.2) is 0 Å². The molecule has 0 N–H and O–H groups in total. The van der Waals surface area contributed by atoms with Crippen LogP contribution in [0.1, 0.15) is 0 Å². The van der Waals surface area contributed by atoms with Gasteiger partial charge in [0, 0.05) is 48.4 Å². The summed E-state index contributed by atoms with van der Waals surface area (Å²) in [5.74, 6) is 0. The molecule has 0 aliphatic carbocycles. The lowest BCUT2D eigenvalue weighted by atomic mass is 9.45. The second kappa shape index (κ2) is 7.31. The Morgan fingerprint density at radius 1 is 0.619 bits per heavy atom. The molecule has 0 amide bonds. The van der Waals surface area contributed by atoms with Gasteiger partial charge in [0.1, 0.15) is 11.2 Å². The van der Waals surface area contributed by atoms with E-state index in [1.54, 1.807) is 0 Å². The average Bonchev–Trinajstić information content (AvgIpc) is 3.69. The minimum absolute atomic E-state index is 0.0387. The SMILES string of the molecule is CSc1cc2c3c(c1)c1ccccc1n3-c1c3c(cc4oc5ccccc5c14)-c1cccc4c5ccccc5n(c14)B32. The van der Waals surface area contributed by atoms with E-state index in [-0.39, 0.29) is 6.85 Å². The summed E-state index contributed by atoms with van der Waals surface area (Å²) in [6.07, 6.45) is 2.19. The molecule has 0 saturated heterocycles. The van der Waals surface area contributed by atoms with Crippen LogP contribution in [-0.2, 0) is 0 Å². The third-order valence-corrected chi connectivity index (χ3v) is 10.5. The van der Waals surface area contributed by atoms with Crippen LogP contribution in [-0.4, -0.2) is 22.1 Å². The van der Waals surface area contributed by atoms with E-state index >= 15 is 0 Å². The van der Waals surface area contributed by atoms with Crippen LogP contribution in [0.5, 0.6) is 0 Å². The molecule has 0 radical (unpaired) electrons. The molecule has 3 aromatic heterocycles. The molecule has 5 heteroatoms. The molecular formula is C37H21BN2OS. The van der Waals surface area contributed by atoms with Crippen molar-refractivity contribution in [3.63, 3.8) is 0 Å². The van der Waals surface area contributed by atoms with Crippen LogP contribution in [0, 0.1) is 0 Å². The maximum Gasteiger partial charge on any atom is 0.333 e. The predicted octanol–water partition coefficient (Wildman–Crippen LogP) is 8.46. The van der Waals surface area contributed by atoms with E-state index in [1.165, 1.54) is 87.0 Å². The minimum atomic E-state index is 0.0387. The summed E-state index contributed by atoms with van der Waals surface area (Å²) in [4.78, 5) is 1.30. The Kier molecular flexibility index (Phi) is 3.80. The van der Waals surface area contributed by atoms with E-state index in [0.29, 0.717) is 0 Å². The molecule has 42 heavy (non-hydrogen) atoms. The molecule has 2 aliphatic rings. The molecule has 0 fully saturated rings.